The summed E-state index contributed by atoms with van der Waals surface area (Å²) in [6.45, 7) is 7.83. The molecule has 0 saturated heterocycles. The molecule has 35 heavy (non-hydrogen) atoms. The second-order valence-corrected chi connectivity index (χ2v) is 13.3. The van der Waals surface area contributed by atoms with Crippen molar-refractivity contribution in [3.8, 4) is 0 Å². The van der Waals surface area contributed by atoms with Gasteiger partial charge in [0.05, 0.1) is 19.6 Å². The lowest BCUT2D eigenvalue weighted by Gasteiger charge is -2.52. The number of hydrogen-bond acceptors (Lipinski definition) is 3. The molecule has 210 valence electrons. The molecule has 0 aliphatic rings. The highest BCUT2D eigenvalue weighted by atomic mass is 32.2. The Morgan fingerprint density at radius 3 is 1.29 bits per heavy atom. The van der Waals surface area contributed by atoms with Gasteiger partial charge in [0.15, 0.2) is 0 Å². The molecule has 0 aromatic carbocycles. The minimum Gasteiger partial charge on any atom is -0.476 e. The maximum absolute atomic E-state index is 12.4. The summed E-state index contributed by atoms with van der Waals surface area (Å²) in [5.41, 5.74) is -0.626. The first-order valence-electron chi connectivity index (χ1n) is 14.4. The summed E-state index contributed by atoms with van der Waals surface area (Å²) in [6.07, 6.45) is 21.6. The lowest BCUT2D eigenvalue weighted by atomic mass is 9.89. The summed E-state index contributed by atoms with van der Waals surface area (Å²) in [6, 6.07) is 0. The van der Waals surface area contributed by atoms with Crippen molar-refractivity contribution in [2.75, 3.05) is 14.1 Å². The maximum Gasteiger partial charge on any atom is 0.384 e. The molecule has 1 unspecified atom stereocenters. The van der Waals surface area contributed by atoms with E-state index in [9.17, 15) is 22.9 Å². The Kier molecular flexibility index (Phi) is 16.6. The van der Waals surface area contributed by atoms with Gasteiger partial charge >= 0.3 is 21.0 Å². The second kappa shape index (κ2) is 17.0. The molecule has 0 aromatic rings. The van der Waals surface area contributed by atoms with Gasteiger partial charge in [-0.15, -0.1) is 0 Å². The Balaban J connectivity index is 4.28. The second-order valence-electron chi connectivity index (χ2n) is 11.6. The van der Waals surface area contributed by atoms with Gasteiger partial charge in [-0.2, -0.15) is 8.42 Å². The summed E-state index contributed by atoms with van der Waals surface area (Å²) >= 11 is 0. The van der Waals surface area contributed by atoms with E-state index in [1.165, 1.54) is 83.5 Å². The smallest absolute Gasteiger partial charge is 0.384 e. The molecule has 0 aromatic heterocycles. The molecule has 0 aliphatic carbocycles. The highest BCUT2D eigenvalue weighted by Gasteiger charge is 2.66. The largest absolute Gasteiger partial charge is 0.476 e. The first-order chi connectivity index (χ1) is 16.3. The lowest BCUT2D eigenvalue weighted by Crippen LogP contribution is -2.74. The van der Waals surface area contributed by atoms with E-state index in [1.54, 1.807) is 21.0 Å². The molecule has 0 amide bonds. The standard InChI is InChI=1S/C28H57NO5S/c1-7-9-10-11-12-13-14-15-16-17-18-19-20-21-22-23-25-27(3,4)29(5,6)28(24-8-2,26(30)31)35(32,33)34/h7-25H2,1-6H3,(H-,30,31,32,33,34)/p+1. The number of carbonyl (C=O) groups is 1. The van der Waals surface area contributed by atoms with Crippen molar-refractivity contribution in [1.29, 1.82) is 0 Å². The van der Waals surface area contributed by atoms with Crippen molar-refractivity contribution in [2.24, 2.45) is 0 Å². The SMILES string of the molecule is CCCCCCCCCCCCCCCCCCC(C)(C)[N+](C)(C)C(CCC)(C(=O)O)S(=O)(=O)O. The molecule has 7 heteroatoms. The van der Waals surface area contributed by atoms with Gasteiger partial charge in [0.1, 0.15) is 0 Å². The average molecular weight is 521 g/mol. The molecule has 0 radical (unpaired) electrons. The normalized spacial score (nSPS) is 14.7. The molecule has 0 rings (SSSR count). The van der Waals surface area contributed by atoms with Crippen LogP contribution < -0.4 is 0 Å². The van der Waals surface area contributed by atoms with Crippen LogP contribution in [0.15, 0.2) is 0 Å². The van der Waals surface area contributed by atoms with E-state index in [2.05, 4.69) is 6.92 Å². The fourth-order valence-electron chi connectivity index (χ4n) is 5.37. The highest BCUT2D eigenvalue weighted by Crippen LogP contribution is 2.41. The van der Waals surface area contributed by atoms with Crippen LogP contribution in [0.4, 0.5) is 0 Å². The summed E-state index contributed by atoms with van der Waals surface area (Å²) in [7, 11) is -1.56. The Morgan fingerprint density at radius 1 is 0.657 bits per heavy atom. The highest BCUT2D eigenvalue weighted by molar-refractivity contribution is 7.87. The topological polar surface area (TPSA) is 91.7 Å². The predicted octanol–water partition coefficient (Wildman–Crippen LogP) is 7.96. The molecule has 0 saturated carbocycles. The van der Waals surface area contributed by atoms with Gasteiger partial charge in [0.25, 0.3) is 0 Å². The Labute approximate surface area is 217 Å². The van der Waals surface area contributed by atoms with Gasteiger partial charge in [-0.1, -0.05) is 110 Å². The van der Waals surface area contributed by atoms with E-state index in [4.69, 9.17) is 0 Å². The number of hydrogen-bond donors (Lipinski definition) is 2. The molecule has 0 fully saturated rings. The Morgan fingerprint density at radius 2 is 1.00 bits per heavy atom. The van der Waals surface area contributed by atoms with Gasteiger partial charge in [-0.25, -0.2) is 4.79 Å². The van der Waals surface area contributed by atoms with Crippen LogP contribution in [0, 0.1) is 0 Å². The maximum atomic E-state index is 12.4. The molecule has 6 nitrogen and oxygen atoms in total. The molecular weight excluding hydrogens is 462 g/mol. The summed E-state index contributed by atoms with van der Waals surface area (Å²) in [5.74, 6) is -1.48. The van der Waals surface area contributed by atoms with Crippen molar-refractivity contribution >= 4 is 16.1 Å². The molecular formula is C28H58NO5S+. The van der Waals surface area contributed by atoms with Crippen LogP contribution in [-0.4, -0.2) is 53.0 Å². The van der Waals surface area contributed by atoms with Gasteiger partial charge < -0.3 is 5.11 Å². The van der Waals surface area contributed by atoms with Crippen LogP contribution in [0.5, 0.6) is 0 Å². The third kappa shape index (κ3) is 10.7. The Bertz CT molecular complexity index is 675. The molecule has 0 aliphatic heterocycles. The van der Waals surface area contributed by atoms with Crippen LogP contribution in [0.1, 0.15) is 150 Å². The van der Waals surface area contributed by atoms with E-state index >= 15 is 0 Å². The number of unbranched alkanes of at least 4 members (excludes halogenated alkanes) is 15. The van der Waals surface area contributed by atoms with Crippen LogP contribution in [0.3, 0.4) is 0 Å². The fraction of sp³-hybridized carbons (Fsp3) is 0.964. The third-order valence-electron chi connectivity index (χ3n) is 8.41. The van der Waals surface area contributed by atoms with E-state index < -0.39 is 26.5 Å². The summed E-state index contributed by atoms with van der Waals surface area (Å²) < 4.78 is 34.4. The first-order valence-corrected chi connectivity index (χ1v) is 15.8. The minimum absolute atomic E-state index is 0.128. The van der Waals surface area contributed by atoms with Crippen molar-refractivity contribution < 1.29 is 27.4 Å². The lowest BCUT2D eigenvalue weighted by molar-refractivity contribution is -0.963. The minimum atomic E-state index is -4.82. The van der Waals surface area contributed by atoms with E-state index in [1.807, 2.05) is 13.8 Å². The zero-order valence-electron chi connectivity index (χ0n) is 23.9. The molecule has 0 bridgehead atoms. The van der Waals surface area contributed by atoms with E-state index in [0.29, 0.717) is 12.8 Å². The van der Waals surface area contributed by atoms with Crippen molar-refractivity contribution in [3.05, 3.63) is 0 Å². The number of aliphatic carboxylic acids is 1. The summed E-state index contributed by atoms with van der Waals surface area (Å²) in [4.78, 5) is 9.96. The molecule has 0 spiro atoms. The quantitative estimate of drug-likeness (QED) is 0.0810. The van der Waals surface area contributed by atoms with Gasteiger partial charge in [0.2, 0.25) is 0 Å². The zero-order chi connectivity index (χ0) is 27.0. The predicted molar refractivity (Wildman–Crippen MR) is 147 cm³/mol. The monoisotopic (exact) mass is 520 g/mol. The first kappa shape index (κ1) is 34.3. The Hall–Kier alpha value is -0.660. The number of carboxylic acids is 1. The van der Waals surface area contributed by atoms with Gasteiger partial charge in [-0.3, -0.25) is 9.04 Å². The number of nitrogens with zero attached hydrogens (tertiary/aromatic N) is 1. The molecule has 2 N–H and O–H groups in total. The van der Waals surface area contributed by atoms with Crippen LogP contribution >= 0.6 is 0 Å². The zero-order valence-corrected chi connectivity index (χ0v) is 24.7. The van der Waals surface area contributed by atoms with E-state index in [0.717, 1.165) is 19.3 Å². The summed E-state index contributed by atoms with van der Waals surface area (Å²) in [5, 5.41) is 9.95. The van der Waals surface area contributed by atoms with Crippen LogP contribution in [-0.2, 0) is 14.9 Å². The van der Waals surface area contributed by atoms with Gasteiger partial charge in [0, 0.05) is 12.8 Å². The van der Waals surface area contributed by atoms with Crippen molar-refractivity contribution in [1.82, 2.24) is 0 Å². The van der Waals surface area contributed by atoms with Crippen LogP contribution in [0.25, 0.3) is 0 Å². The number of carboxylic acid groups (broad SMARTS) is 1. The number of rotatable bonds is 23. The number of quaternary nitrogens is 1. The molecule has 1 atom stereocenters. The molecule has 0 heterocycles. The van der Waals surface area contributed by atoms with Crippen molar-refractivity contribution in [2.45, 2.75) is 160 Å². The van der Waals surface area contributed by atoms with Gasteiger partial charge in [-0.05, 0) is 26.7 Å². The number of likely N-dealkylation sites (N-methyl/N-ethyl adjacent to an activating group) is 1. The van der Waals surface area contributed by atoms with E-state index in [-0.39, 0.29) is 10.9 Å². The third-order valence-corrected chi connectivity index (χ3v) is 10.1. The fourth-order valence-corrected chi connectivity index (χ4v) is 6.87. The van der Waals surface area contributed by atoms with Crippen molar-refractivity contribution in [3.63, 3.8) is 0 Å². The van der Waals surface area contributed by atoms with Crippen LogP contribution in [0.2, 0.25) is 0 Å². The average Bonchev–Trinajstić information content (AvgIpc) is 2.75.